The third-order valence-corrected chi connectivity index (χ3v) is 4.14. The average molecular weight is 274 g/mol. The fourth-order valence-corrected chi connectivity index (χ4v) is 2.96. The molecule has 2 heterocycles. The van der Waals surface area contributed by atoms with Gasteiger partial charge in [0.1, 0.15) is 0 Å². The number of carbonyl (C=O) groups excluding carboxylic acids is 1. The third-order valence-electron chi connectivity index (χ3n) is 3.09. The number of rotatable bonds is 2. The molecular weight excluding hydrogens is 260 g/mol. The molecule has 1 aromatic carbocycles. The molecule has 0 aliphatic carbocycles. The molecule has 6 heteroatoms. The summed E-state index contributed by atoms with van der Waals surface area (Å²) in [5.74, 6) is 1.46. The molecule has 19 heavy (non-hydrogen) atoms. The number of aryl methyl sites for hydroxylation is 1. The molecule has 5 nitrogen and oxygen atoms in total. The highest BCUT2D eigenvalue weighted by molar-refractivity contribution is 7.99. The summed E-state index contributed by atoms with van der Waals surface area (Å²) in [7, 11) is 0. The number of benzene rings is 1. The zero-order valence-corrected chi connectivity index (χ0v) is 11.4. The second-order valence-corrected chi connectivity index (χ2v) is 5.49. The summed E-state index contributed by atoms with van der Waals surface area (Å²) in [6, 6.07) is 7.51. The molecule has 0 saturated carbocycles. The van der Waals surface area contributed by atoms with E-state index in [0.717, 1.165) is 29.4 Å². The van der Waals surface area contributed by atoms with Crippen molar-refractivity contribution < 1.29 is 4.79 Å². The number of amides is 1. The van der Waals surface area contributed by atoms with Crippen LogP contribution in [0, 0.1) is 6.92 Å². The molecule has 1 aliphatic heterocycles. The predicted molar refractivity (Wildman–Crippen MR) is 74.5 cm³/mol. The Kier molecular flexibility index (Phi) is 3.25. The van der Waals surface area contributed by atoms with Crippen molar-refractivity contribution in [3.8, 4) is 0 Å². The second kappa shape index (κ2) is 5.05. The molecule has 0 fully saturated rings. The topological polar surface area (TPSA) is 59.8 Å². The Labute approximate surface area is 115 Å². The maximum atomic E-state index is 12.2. The first kappa shape index (κ1) is 12.2. The number of thioether (sulfide) groups is 1. The lowest BCUT2D eigenvalue weighted by Crippen LogP contribution is -2.18. The van der Waals surface area contributed by atoms with Gasteiger partial charge in [0, 0.05) is 17.9 Å². The highest BCUT2D eigenvalue weighted by Crippen LogP contribution is 2.25. The van der Waals surface area contributed by atoms with Crippen molar-refractivity contribution in [3.05, 3.63) is 35.4 Å². The molecule has 0 unspecified atom stereocenters. The largest absolute Gasteiger partial charge is 0.290 e. The fourth-order valence-electron chi connectivity index (χ4n) is 2.07. The van der Waals surface area contributed by atoms with Crippen molar-refractivity contribution in [1.82, 2.24) is 14.8 Å². The van der Waals surface area contributed by atoms with E-state index in [2.05, 4.69) is 15.5 Å². The van der Waals surface area contributed by atoms with Gasteiger partial charge in [-0.2, -0.15) is 0 Å². The van der Waals surface area contributed by atoms with Crippen LogP contribution in [-0.4, -0.2) is 26.4 Å². The van der Waals surface area contributed by atoms with Gasteiger partial charge in [0.2, 0.25) is 5.95 Å². The second-order valence-electron chi connectivity index (χ2n) is 4.43. The van der Waals surface area contributed by atoms with Gasteiger partial charge in [0.15, 0.2) is 5.16 Å². The van der Waals surface area contributed by atoms with Crippen LogP contribution in [0.1, 0.15) is 22.3 Å². The first-order chi connectivity index (χ1) is 9.25. The van der Waals surface area contributed by atoms with Crippen molar-refractivity contribution >= 4 is 23.6 Å². The molecule has 0 atom stereocenters. The van der Waals surface area contributed by atoms with Gasteiger partial charge in [-0.05, 0) is 25.0 Å². The van der Waals surface area contributed by atoms with Crippen molar-refractivity contribution in [2.75, 3.05) is 11.1 Å². The first-order valence-corrected chi connectivity index (χ1v) is 7.17. The normalized spacial score (nSPS) is 13.9. The van der Waals surface area contributed by atoms with E-state index >= 15 is 0 Å². The van der Waals surface area contributed by atoms with Crippen LogP contribution in [0.15, 0.2) is 29.4 Å². The standard InChI is InChI=1S/C13H14N4OS/c1-9-5-2-3-6-10(9)11(18)14-12-15-16-13-17(12)7-4-8-19-13/h2-3,5-6H,4,7-8H2,1H3,(H,14,15,18). The van der Waals surface area contributed by atoms with E-state index in [-0.39, 0.29) is 5.91 Å². The molecule has 1 aliphatic rings. The first-order valence-electron chi connectivity index (χ1n) is 6.18. The van der Waals surface area contributed by atoms with E-state index in [1.165, 1.54) is 0 Å². The minimum atomic E-state index is -0.135. The summed E-state index contributed by atoms with van der Waals surface area (Å²) in [5, 5.41) is 11.9. The van der Waals surface area contributed by atoms with E-state index < -0.39 is 0 Å². The van der Waals surface area contributed by atoms with Crippen LogP contribution in [0.25, 0.3) is 0 Å². The lowest BCUT2D eigenvalue weighted by molar-refractivity contribution is 0.102. The third kappa shape index (κ3) is 2.35. The number of nitrogens with zero attached hydrogens (tertiary/aromatic N) is 3. The molecular formula is C13H14N4OS. The van der Waals surface area contributed by atoms with Gasteiger partial charge in [-0.3, -0.25) is 14.7 Å². The van der Waals surface area contributed by atoms with Gasteiger partial charge >= 0.3 is 0 Å². The number of carbonyl (C=O) groups is 1. The number of hydrogen-bond donors (Lipinski definition) is 1. The van der Waals surface area contributed by atoms with Crippen LogP contribution in [0.4, 0.5) is 5.95 Å². The van der Waals surface area contributed by atoms with Gasteiger partial charge in [-0.25, -0.2) is 0 Å². The lowest BCUT2D eigenvalue weighted by Gasteiger charge is -2.14. The summed E-state index contributed by atoms with van der Waals surface area (Å²) in [5.41, 5.74) is 1.62. The SMILES string of the molecule is Cc1ccccc1C(=O)Nc1nnc2n1CCCS2. The number of fused-ring (bicyclic) bond motifs is 1. The summed E-state index contributed by atoms with van der Waals surface area (Å²) in [6.45, 7) is 2.78. The monoisotopic (exact) mass is 274 g/mol. The molecule has 0 radical (unpaired) electrons. The van der Waals surface area contributed by atoms with E-state index in [9.17, 15) is 4.79 Å². The van der Waals surface area contributed by atoms with Gasteiger partial charge < -0.3 is 0 Å². The van der Waals surface area contributed by atoms with Crippen molar-refractivity contribution in [2.45, 2.75) is 25.0 Å². The van der Waals surface area contributed by atoms with Crippen LogP contribution in [0.3, 0.4) is 0 Å². The molecule has 1 aromatic heterocycles. The van der Waals surface area contributed by atoms with Crippen LogP contribution >= 0.6 is 11.8 Å². The highest BCUT2D eigenvalue weighted by atomic mass is 32.2. The Bertz CT molecular complexity index is 623. The lowest BCUT2D eigenvalue weighted by atomic mass is 10.1. The van der Waals surface area contributed by atoms with E-state index in [1.54, 1.807) is 11.8 Å². The van der Waals surface area contributed by atoms with Crippen LogP contribution in [0.5, 0.6) is 0 Å². The van der Waals surface area contributed by atoms with E-state index in [0.29, 0.717) is 11.5 Å². The zero-order chi connectivity index (χ0) is 13.2. The quantitative estimate of drug-likeness (QED) is 0.913. The highest BCUT2D eigenvalue weighted by Gasteiger charge is 2.18. The molecule has 0 saturated heterocycles. The van der Waals surface area contributed by atoms with Crippen LogP contribution in [-0.2, 0) is 6.54 Å². The van der Waals surface area contributed by atoms with E-state index in [4.69, 9.17) is 0 Å². The van der Waals surface area contributed by atoms with Gasteiger partial charge in [0.05, 0.1) is 0 Å². The van der Waals surface area contributed by atoms with Gasteiger partial charge in [0.25, 0.3) is 5.91 Å². The summed E-state index contributed by atoms with van der Waals surface area (Å²) in [6.07, 6.45) is 1.07. The van der Waals surface area contributed by atoms with Crippen LogP contribution < -0.4 is 5.32 Å². The molecule has 1 amide bonds. The van der Waals surface area contributed by atoms with E-state index in [1.807, 2.05) is 35.8 Å². The number of anilines is 1. The molecule has 3 rings (SSSR count). The van der Waals surface area contributed by atoms with Crippen molar-refractivity contribution in [3.63, 3.8) is 0 Å². The van der Waals surface area contributed by atoms with Crippen molar-refractivity contribution in [1.29, 1.82) is 0 Å². The predicted octanol–water partition coefficient (Wildman–Crippen LogP) is 2.33. The minimum absolute atomic E-state index is 0.135. The minimum Gasteiger partial charge on any atom is -0.290 e. The summed E-state index contributed by atoms with van der Waals surface area (Å²) >= 11 is 1.67. The Morgan fingerprint density at radius 2 is 2.21 bits per heavy atom. The van der Waals surface area contributed by atoms with Gasteiger partial charge in [-0.1, -0.05) is 30.0 Å². The molecule has 0 spiro atoms. The summed E-state index contributed by atoms with van der Waals surface area (Å²) < 4.78 is 1.96. The number of aromatic nitrogens is 3. The maximum Gasteiger partial charge on any atom is 0.258 e. The summed E-state index contributed by atoms with van der Waals surface area (Å²) in [4.78, 5) is 12.2. The Hall–Kier alpha value is -1.82. The average Bonchev–Trinajstić information content (AvgIpc) is 2.83. The smallest absolute Gasteiger partial charge is 0.258 e. The number of nitrogens with one attached hydrogen (secondary N) is 1. The molecule has 98 valence electrons. The Morgan fingerprint density at radius 1 is 1.37 bits per heavy atom. The maximum absolute atomic E-state index is 12.2. The van der Waals surface area contributed by atoms with Gasteiger partial charge in [-0.15, -0.1) is 10.2 Å². The molecule has 2 aromatic rings. The molecule has 0 bridgehead atoms. The van der Waals surface area contributed by atoms with Crippen molar-refractivity contribution in [2.24, 2.45) is 0 Å². The van der Waals surface area contributed by atoms with Crippen LogP contribution in [0.2, 0.25) is 0 Å². The number of hydrogen-bond acceptors (Lipinski definition) is 4. The zero-order valence-electron chi connectivity index (χ0n) is 10.6. The molecule has 1 N–H and O–H groups in total. The Morgan fingerprint density at radius 3 is 3.05 bits per heavy atom. The fraction of sp³-hybridized carbons (Fsp3) is 0.308. The Balaban J connectivity index is 1.84.